The first kappa shape index (κ1) is 20.0. The first-order valence-electron chi connectivity index (χ1n) is 8.86. The molecule has 4 rings (SSSR count). The normalized spacial score (nSPS) is 11.8. The maximum Gasteiger partial charge on any atom is 0.325 e. The first-order chi connectivity index (χ1) is 14.5. The molecular formula is C19H17N5O4S2. The average Bonchev–Trinajstić information content (AvgIpc) is 3.37. The zero-order valence-electron chi connectivity index (χ0n) is 15.8. The smallest absolute Gasteiger partial charge is 0.325 e. The Morgan fingerprint density at radius 2 is 1.77 bits per heavy atom. The Morgan fingerprint density at radius 1 is 1.00 bits per heavy atom. The predicted octanol–water partition coefficient (Wildman–Crippen LogP) is 3.95. The van der Waals surface area contributed by atoms with Crippen molar-refractivity contribution in [2.45, 2.75) is 11.3 Å². The molecule has 1 aliphatic rings. The van der Waals surface area contributed by atoms with Crippen LogP contribution in [0.4, 0.5) is 21.3 Å². The van der Waals surface area contributed by atoms with Crippen LogP contribution in [0.5, 0.6) is 11.5 Å². The fourth-order valence-electron chi connectivity index (χ4n) is 2.51. The van der Waals surface area contributed by atoms with Crippen LogP contribution >= 0.6 is 23.1 Å². The molecule has 0 saturated carbocycles. The van der Waals surface area contributed by atoms with Crippen LogP contribution in [0, 0.1) is 6.92 Å². The van der Waals surface area contributed by atoms with E-state index in [0.717, 1.165) is 5.56 Å². The van der Waals surface area contributed by atoms with E-state index in [0.29, 0.717) is 32.3 Å². The number of nitrogens with one attached hydrogen (secondary N) is 3. The molecule has 3 aromatic rings. The number of aromatic nitrogens is 2. The number of anilines is 3. The minimum atomic E-state index is -0.410. The highest BCUT2D eigenvalue weighted by molar-refractivity contribution is 8.01. The lowest BCUT2D eigenvalue weighted by atomic mass is 10.2. The molecule has 0 radical (unpaired) electrons. The van der Waals surface area contributed by atoms with Crippen LogP contribution in [0.3, 0.4) is 0 Å². The van der Waals surface area contributed by atoms with E-state index in [-0.39, 0.29) is 18.5 Å². The van der Waals surface area contributed by atoms with Crippen molar-refractivity contribution in [3.63, 3.8) is 0 Å². The number of aryl methyl sites for hydroxylation is 1. The molecule has 0 fully saturated rings. The lowest BCUT2D eigenvalue weighted by Gasteiger charge is -2.05. The summed E-state index contributed by atoms with van der Waals surface area (Å²) in [6.07, 6.45) is 0. The van der Waals surface area contributed by atoms with E-state index in [9.17, 15) is 9.59 Å². The van der Waals surface area contributed by atoms with E-state index in [1.807, 2.05) is 31.2 Å². The van der Waals surface area contributed by atoms with Crippen LogP contribution in [-0.2, 0) is 4.79 Å². The highest BCUT2D eigenvalue weighted by Crippen LogP contribution is 2.34. The number of urea groups is 1. The molecule has 0 saturated heterocycles. The summed E-state index contributed by atoms with van der Waals surface area (Å²) >= 11 is 2.42. The fraction of sp³-hybridized carbons (Fsp3) is 0.158. The highest BCUT2D eigenvalue weighted by Gasteiger charge is 2.15. The van der Waals surface area contributed by atoms with E-state index >= 15 is 0 Å². The van der Waals surface area contributed by atoms with E-state index in [4.69, 9.17) is 9.47 Å². The number of ether oxygens (including phenoxy) is 2. The van der Waals surface area contributed by atoms with Crippen molar-refractivity contribution in [3.8, 4) is 11.5 Å². The van der Waals surface area contributed by atoms with Gasteiger partial charge < -0.3 is 20.1 Å². The monoisotopic (exact) mass is 443 g/mol. The predicted molar refractivity (Wildman–Crippen MR) is 116 cm³/mol. The number of hydrogen-bond acceptors (Lipinski definition) is 8. The van der Waals surface area contributed by atoms with Gasteiger partial charge >= 0.3 is 6.03 Å². The lowest BCUT2D eigenvalue weighted by Crippen LogP contribution is -2.19. The van der Waals surface area contributed by atoms with Gasteiger partial charge in [0.1, 0.15) is 0 Å². The Kier molecular flexibility index (Phi) is 6.00. The van der Waals surface area contributed by atoms with Crippen molar-refractivity contribution in [3.05, 3.63) is 48.0 Å². The van der Waals surface area contributed by atoms with Crippen molar-refractivity contribution in [1.29, 1.82) is 0 Å². The molecule has 154 valence electrons. The Bertz CT molecular complexity index is 1070. The molecule has 0 bridgehead atoms. The molecule has 0 unspecified atom stereocenters. The van der Waals surface area contributed by atoms with Gasteiger partial charge in [-0.1, -0.05) is 40.8 Å². The van der Waals surface area contributed by atoms with E-state index in [1.54, 1.807) is 18.2 Å². The molecule has 1 aromatic heterocycles. The van der Waals surface area contributed by atoms with Crippen LogP contribution in [0.15, 0.2) is 46.8 Å². The summed E-state index contributed by atoms with van der Waals surface area (Å²) in [4.78, 5) is 24.2. The third-order valence-electron chi connectivity index (χ3n) is 3.92. The number of carbonyl (C=O) groups excluding carboxylic acids is 2. The van der Waals surface area contributed by atoms with Crippen LogP contribution in [0.25, 0.3) is 0 Å². The van der Waals surface area contributed by atoms with Gasteiger partial charge in [-0.15, -0.1) is 10.2 Å². The third-order valence-corrected chi connectivity index (χ3v) is 5.89. The fourth-order valence-corrected chi connectivity index (χ4v) is 4.06. The quantitative estimate of drug-likeness (QED) is 0.390. The molecule has 2 heterocycles. The van der Waals surface area contributed by atoms with Gasteiger partial charge in [-0.2, -0.15) is 0 Å². The molecule has 30 heavy (non-hydrogen) atoms. The summed E-state index contributed by atoms with van der Waals surface area (Å²) in [5, 5.41) is 16.4. The maximum absolute atomic E-state index is 12.2. The Morgan fingerprint density at radius 3 is 2.60 bits per heavy atom. The largest absolute Gasteiger partial charge is 0.454 e. The third kappa shape index (κ3) is 5.19. The van der Waals surface area contributed by atoms with Crippen LogP contribution in [-0.4, -0.2) is 34.7 Å². The highest BCUT2D eigenvalue weighted by atomic mass is 32.2. The number of hydrogen-bond donors (Lipinski definition) is 3. The molecule has 0 aliphatic carbocycles. The average molecular weight is 444 g/mol. The zero-order valence-corrected chi connectivity index (χ0v) is 17.4. The SMILES string of the molecule is Cc1ccc(NC(=O)Nc2nnc(SCC(=O)Nc3ccc4c(c3)OCO4)s2)cc1. The van der Waals surface area contributed by atoms with Crippen LogP contribution in [0.2, 0.25) is 0 Å². The summed E-state index contributed by atoms with van der Waals surface area (Å²) in [7, 11) is 0. The second-order valence-electron chi connectivity index (χ2n) is 6.22. The lowest BCUT2D eigenvalue weighted by molar-refractivity contribution is -0.113. The second-order valence-corrected chi connectivity index (χ2v) is 8.42. The van der Waals surface area contributed by atoms with E-state index < -0.39 is 6.03 Å². The van der Waals surface area contributed by atoms with Gasteiger partial charge in [0, 0.05) is 17.4 Å². The number of fused-ring (bicyclic) bond motifs is 1. The van der Waals surface area contributed by atoms with Gasteiger partial charge in [0.25, 0.3) is 0 Å². The van der Waals surface area contributed by atoms with E-state index in [1.165, 1.54) is 23.1 Å². The number of carbonyl (C=O) groups is 2. The Hall–Kier alpha value is -3.31. The topological polar surface area (TPSA) is 114 Å². The molecule has 1 aliphatic heterocycles. The first-order valence-corrected chi connectivity index (χ1v) is 10.7. The molecule has 9 nitrogen and oxygen atoms in total. The minimum Gasteiger partial charge on any atom is -0.454 e. The summed E-state index contributed by atoms with van der Waals surface area (Å²) in [5.74, 6) is 1.21. The number of nitrogens with zero attached hydrogens (tertiary/aromatic N) is 2. The van der Waals surface area contributed by atoms with Gasteiger partial charge in [-0.25, -0.2) is 4.79 Å². The number of benzene rings is 2. The second kappa shape index (κ2) is 9.01. The molecule has 3 amide bonds. The summed E-state index contributed by atoms with van der Waals surface area (Å²) in [5.41, 5.74) is 2.41. The van der Waals surface area contributed by atoms with Gasteiger partial charge in [0.15, 0.2) is 15.8 Å². The van der Waals surface area contributed by atoms with Crippen LogP contribution in [0.1, 0.15) is 5.56 Å². The molecule has 11 heteroatoms. The zero-order chi connectivity index (χ0) is 20.9. The maximum atomic E-state index is 12.2. The minimum absolute atomic E-state index is 0.151. The number of thioether (sulfide) groups is 1. The van der Waals surface area contributed by atoms with Crippen molar-refractivity contribution in [1.82, 2.24) is 10.2 Å². The Balaban J connectivity index is 1.24. The number of amides is 3. The van der Waals surface area contributed by atoms with Crippen molar-refractivity contribution in [2.24, 2.45) is 0 Å². The molecule has 0 atom stereocenters. The molecule has 0 spiro atoms. The summed E-state index contributed by atoms with van der Waals surface area (Å²) in [6, 6.07) is 12.2. The van der Waals surface area contributed by atoms with Gasteiger partial charge in [-0.05, 0) is 31.2 Å². The summed E-state index contributed by atoms with van der Waals surface area (Å²) in [6.45, 7) is 2.15. The van der Waals surface area contributed by atoms with E-state index in [2.05, 4.69) is 26.1 Å². The standard InChI is InChI=1S/C19H17N5O4S2/c1-11-2-4-12(5-3-11)21-17(26)22-18-23-24-19(30-18)29-9-16(25)20-13-6-7-14-15(8-13)28-10-27-14/h2-8H,9-10H2,1H3,(H,20,25)(H2,21,22,23,26). The number of rotatable bonds is 6. The van der Waals surface area contributed by atoms with Crippen molar-refractivity contribution >= 4 is 51.5 Å². The Labute approximate surface area is 180 Å². The van der Waals surface area contributed by atoms with Crippen LogP contribution < -0.4 is 25.4 Å². The van der Waals surface area contributed by atoms with Gasteiger partial charge in [0.05, 0.1) is 5.75 Å². The van der Waals surface area contributed by atoms with Gasteiger partial charge in [-0.3, -0.25) is 10.1 Å². The molecule has 3 N–H and O–H groups in total. The van der Waals surface area contributed by atoms with Crippen molar-refractivity contribution < 1.29 is 19.1 Å². The summed E-state index contributed by atoms with van der Waals surface area (Å²) < 4.78 is 11.1. The molecular weight excluding hydrogens is 426 g/mol. The van der Waals surface area contributed by atoms with Gasteiger partial charge in [0.2, 0.25) is 17.8 Å². The molecule has 2 aromatic carbocycles. The van der Waals surface area contributed by atoms with Crippen molar-refractivity contribution in [2.75, 3.05) is 28.5 Å².